The van der Waals surface area contributed by atoms with E-state index in [1.807, 2.05) is 18.2 Å². The van der Waals surface area contributed by atoms with Gasteiger partial charge in [-0.15, -0.1) is 0 Å². The van der Waals surface area contributed by atoms with Crippen LogP contribution in [0.3, 0.4) is 0 Å². The molecule has 1 aromatic carbocycles. The number of hydrogen-bond donors (Lipinski definition) is 2. The Morgan fingerprint density at radius 2 is 1.92 bits per heavy atom. The van der Waals surface area contributed by atoms with E-state index in [9.17, 15) is 4.39 Å². The van der Waals surface area contributed by atoms with Crippen LogP contribution in [0.15, 0.2) is 54.9 Å². The van der Waals surface area contributed by atoms with Crippen molar-refractivity contribution in [3.8, 4) is 11.3 Å². The molecule has 0 bridgehead atoms. The molecule has 2 aromatic heterocycles. The highest BCUT2D eigenvalue weighted by atomic mass is 19.1. The molecule has 0 aliphatic heterocycles. The summed E-state index contributed by atoms with van der Waals surface area (Å²) in [5.41, 5.74) is 2.74. The van der Waals surface area contributed by atoms with Crippen molar-refractivity contribution in [3.05, 3.63) is 66.2 Å². The maximum Gasteiger partial charge on any atom is 0.225 e. The zero-order chi connectivity index (χ0) is 17.1. The number of nitrogens with zero attached hydrogens (tertiary/aromatic N) is 3. The van der Waals surface area contributed by atoms with Crippen molar-refractivity contribution in [2.24, 2.45) is 0 Å². The van der Waals surface area contributed by atoms with Crippen molar-refractivity contribution < 1.29 is 4.39 Å². The summed E-state index contributed by atoms with van der Waals surface area (Å²) in [6.07, 6.45) is 5.83. The summed E-state index contributed by atoms with van der Waals surface area (Å²) in [6.45, 7) is 0.562. The smallest absolute Gasteiger partial charge is 0.225 e. The van der Waals surface area contributed by atoms with E-state index < -0.39 is 0 Å². The average Bonchev–Trinajstić information content (AvgIpc) is 3.46. The molecule has 1 fully saturated rings. The maximum atomic E-state index is 13.0. The summed E-state index contributed by atoms with van der Waals surface area (Å²) in [5.74, 6) is 1.10. The second-order valence-electron chi connectivity index (χ2n) is 6.10. The minimum Gasteiger partial charge on any atom is -0.366 e. The Bertz CT molecular complexity index is 847. The SMILES string of the molecule is Fc1ccc(CNc2cc(-c3cccnc3)nc(NC3CC3)n2)cc1. The lowest BCUT2D eigenvalue weighted by Crippen LogP contribution is -2.09. The summed E-state index contributed by atoms with van der Waals surface area (Å²) < 4.78 is 13.0. The second-order valence-corrected chi connectivity index (χ2v) is 6.10. The Hall–Kier alpha value is -3.02. The number of benzene rings is 1. The molecule has 0 radical (unpaired) electrons. The fourth-order valence-electron chi connectivity index (χ4n) is 2.47. The molecule has 0 saturated heterocycles. The van der Waals surface area contributed by atoms with E-state index >= 15 is 0 Å². The molecular formula is C19H18FN5. The quantitative estimate of drug-likeness (QED) is 0.716. The lowest BCUT2D eigenvalue weighted by molar-refractivity contribution is 0.627. The minimum absolute atomic E-state index is 0.236. The molecule has 3 aromatic rings. The van der Waals surface area contributed by atoms with Crippen molar-refractivity contribution in [3.63, 3.8) is 0 Å². The van der Waals surface area contributed by atoms with Gasteiger partial charge < -0.3 is 10.6 Å². The van der Waals surface area contributed by atoms with E-state index in [4.69, 9.17) is 0 Å². The number of anilines is 2. The fraction of sp³-hybridized carbons (Fsp3) is 0.211. The summed E-state index contributed by atoms with van der Waals surface area (Å²) in [5, 5.41) is 6.63. The molecule has 2 N–H and O–H groups in total. The van der Waals surface area contributed by atoms with Gasteiger partial charge in [-0.3, -0.25) is 4.98 Å². The van der Waals surface area contributed by atoms with Gasteiger partial charge in [0, 0.05) is 36.6 Å². The normalized spacial score (nSPS) is 13.5. The highest BCUT2D eigenvalue weighted by Gasteiger charge is 2.22. The van der Waals surface area contributed by atoms with Gasteiger partial charge in [0.2, 0.25) is 5.95 Å². The van der Waals surface area contributed by atoms with Crippen LogP contribution >= 0.6 is 0 Å². The van der Waals surface area contributed by atoms with Crippen LogP contribution < -0.4 is 10.6 Å². The van der Waals surface area contributed by atoms with E-state index in [2.05, 4.69) is 25.6 Å². The lowest BCUT2D eigenvalue weighted by Gasteiger charge is -2.11. The van der Waals surface area contributed by atoms with Gasteiger partial charge in [0.1, 0.15) is 11.6 Å². The molecule has 0 atom stereocenters. The molecule has 0 spiro atoms. The van der Waals surface area contributed by atoms with Gasteiger partial charge in [-0.2, -0.15) is 4.98 Å². The fourth-order valence-corrected chi connectivity index (χ4v) is 2.47. The van der Waals surface area contributed by atoms with E-state index in [1.54, 1.807) is 24.5 Å². The molecule has 1 saturated carbocycles. The number of nitrogens with one attached hydrogen (secondary N) is 2. The van der Waals surface area contributed by atoms with Crippen LogP contribution in [0.5, 0.6) is 0 Å². The first-order valence-electron chi connectivity index (χ1n) is 8.30. The van der Waals surface area contributed by atoms with E-state index in [1.165, 1.54) is 12.1 Å². The van der Waals surface area contributed by atoms with Gasteiger partial charge in [0.25, 0.3) is 0 Å². The van der Waals surface area contributed by atoms with Crippen LogP contribution in [0.25, 0.3) is 11.3 Å². The topological polar surface area (TPSA) is 62.7 Å². The van der Waals surface area contributed by atoms with Crippen molar-refractivity contribution in [2.45, 2.75) is 25.4 Å². The highest BCUT2D eigenvalue weighted by Crippen LogP contribution is 2.26. The van der Waals surface area contributed by atoms with Gasteiger partial charge in [-0.1, -0.05) is 12.1 Å². The molecule has 6 heteroatoms. The second kappa shape index (κ2) is 6.84. The first-order valence-corrected chi connectivity index (χ1v) is 8.30. The van der Waals surface area contributed by atoms with Crippen LogP contribution in [0.1, 0.15) is 18.4 Å². The number of pyridine rings is 1. The Labute approximate surface area is 145 Å². The predicted octanol–water partition coefficient (Wildman–Crippen LogP) is 3.86. The molecule has 126 valence electrons. The summed E-state index contributed by atoms with van der Waals surface area (Å²) >= 11 is 0. The third kappa shape index (κ3) is 4.09. The van der Waals surface area contributed by atoms with Crippen LogP contribution in [0, 0.1) is 5.82 Å². The molecule has 25 heavy (non-hydrogen) atoms. The molecular weight excluding hydrogens is 317 g/mol. The minimum atomic E-state index is -0.236. The third-order valence-electron chi connectivity index (χ3n) is 3.98. The van der Waals surface area contributed by atoms with E-state index in [0.717, 1.165) is 35.5 Å². The van der Waals surface area contributed by atoms with Gasteiger partial charge in [0.05, 0.1) is 5.69 Å². The van der Waals surface area contributed by atoms with Crippen LogP contribution in [0.2, 0.25) is 0 Å². The number of hydrogen-bond acceptors (Lipinski definition) is 5. The maximum absolute atomic E-state index is 13.0. The molecule has 0 amide bonds. The van der Waals surface area contributed by atoms with Crippen molar-refractivity contribution >= 4 is 11.8 Å². The Kier molecular flexibility index (Phi) is 4.24. The van der Waals surface area contributed by atoms with Crippen molar-refractivity contribution in [1.82, 2.24) is 15.0 Å². The molecule has 2 heterocycles. The van der Waals surface area contributed by atoms with E-state index in [-0.39, 0.29) is 5.82 Å². The lowest BCUT2D eigenvalue weighted by atomic mass is 10.2. The van der Waals surface area contributed by atoms with Crippen LogP contribution in [-0.2, 0) is 6.54 Å². The first-order chi connectivity index (χ1) is 12.3. The molecule has 1 aliphatic rings. The zero-order valence-corrected chi connectivity index (χ0v) is 13.6. The number of aromatic nitrogens is 3. The average molecular weight is 335 g/mol. The van der Waals surface area contributed by atoms with Gasteiger partial charge in [-0.25, -0.2) is 9.37 Å². The standard InChI is InChI=1S/C19H18FN5/c20-15-5-3-13(4-6-15)11-22-18-10-17(14-2-1-9-21-12-14)24-19(25-18)23-16-7-8-16/h1-6,9-10,12,16H,7-8,11H2,(H2,22,23,24,25). The largest absolute Gasteiger partial charge is 0.366 e. The van der Waals surface area contributed by atoms with Crippen LogP contribution in [0.4, 0.5) is 16.2 Å². The zero-order valence-electron chi connectivity index (χ0n) is 13.6. The monoisotopic (exact) mass is 335 g/mol. The Balaban J connectivity index is 1.57. The number of halogens is 1. The number of rotatable bonds is 6. The van der Waals surface area contributed by atoms with E-state index in [0.29, 0.717) is 18.5 Å². The van der Waals surface area contributed by atoms with Gasteiger partial charge >= 0.3 is 0 Å². The van der Waals surface area contributed by atoms with Gasteiger partial charge in [0.15, 0.2) is 0 Å². The van der Waals surface area contributed by atoms with Crippen molar-refractivity contribution in [2.75, 3.05) is 10.6 Å². The highest BCUT2D eigenvalue weighted by molar-refractivity contribution is 5.63. The predicted molar refractivity (Wildman–Crippen MR) is 95.6 cm³/mol. The molecule has 1 aliphatic carbocycles. The Morgan fingerprint density at radius 3 is 2.64 bits per heavy atom. The summed E-state index contributed by atoms with van der Waals surface area (Å²) in [6, 6.07) is 12.7. The first kappa shape index (κ1) is 15.5. The molecule has 4 rings (SSSR count). The summed E-state index contributed by atoms with van der Waals surface area (Å²) in [7, 11) is 0. The van der Waals surface area contributed by atoms with Gasteiger partial charge in [-0.05, 0) is 42.7 Å². The van der Waals surface area contributed by atoms with Crippen LogP contribution in [-0.4, -0.2) is 21.0 Å². The third-order valence-corrected chi connectivity index (χ3v) is 3.98. The Morgan fingerprint density at radius 1 is 1.08 bits per heavy atom. The summed E-state index contributed by atoms with van der Waals surface area (Å²) in [4.78, 5) is 13.3. The molecule has 0 unspecified atom stereocenters. The molecule has 5 nitrogen and oxygen atoms in total. The van der Waals surface area contributed by atoms with Crippen molar-refractivity contribution in [1.29, 1.82) is 0 Å².